The average Bonchev–Trinajstić information content (AvgIpc) is 2.41. The number of Topliss-reactive ketones (excluding diaryl/α,β-unsaturated/α-hetero) is 1. The number of carbonyl (C=O) groups is 2. The molecule has 1 aromatic carbocycles. The molecule has 0 N–H and O–H groups in total. The lowest BCUT2D eigenvalue weighted by molar-refractivity contribution is -0.148. The predicted octanol–water partition coefficient (Wildman–Crippen LogP) is 3.08. The van der Waals surface area contributed by atoms with Crippen LogP contribution in [0.3, 0.4) is 0 Å². The van der Waals surface area contributed by atoms with Crippen LogP contribution in [0.2, 0.25) is 0 Å². The van der Waals surface area contributed by atoms with Gasteiger partial charge in [-0.15, -0.1) is 0 Å². The number of carbonyl (C=O) groups excluding carboxylic acids is 2. The normalized spacial score (nSPS) is 12.3. The fourth-order valence-electron chi connectivity index (χ4n) is 1.62. The molecule has 0 radical (unpaired) electrons. The molecule has 0 aliphatic rings. The molecule has 1 atom stereocenters. The molecule has 0 aliphatic heterocycles. The van der Waals surface area contributed by atoms with Crippen molar-refractivity contribution >= 4 is 23.7 Å². The first-order valence-corrected chi connectivity index (χ1v) is 6.58. The lowest BCUT2D eigenvalue weighted by atomic mass is 10.0. The second-order valence-corrected chi connectivity index (χ2v) is 4.18. The molecule has 0 bridgehead atoms. The van der Waals surface area contributed by atoms with Crippen LogP contribution in [0.15, 0.2) is 29.3 Å². The summed E-state index contributed by atoms with van der Waals surface area (Å²) >= 11 is 0. The Kier molecular flexibility index (Phi) is 6.56. The van der Waals surface area contributed by atoms with E-state index in [4.69, 9.17) is 4.74 Å². The first-order valence-electron chi connectivity index (χ1n) is 6.58. The fourth-order valence-corrected chi connectivity index (χ4v) is 1.62. The third-order valence-electron chi connectivity index (χ3n) is 2.60. The minimum absolute atomic E-state index is 0.0890. The number of nitrogens with zero attached hydrogens (tertiary/aromatic N) is 1. The number of hydrogen-bond acceptors (Lipinski definition) is 4. The SMILES string of the molecule is CCCC(=O)C(C=Nc1ccccc1F)C(=O)OCC. The van der Waals surface area contributed by atoms with E-state index in [-0.39, 0.29) is 24.5 Å². The Morgan fingerprint density at radius 2 is 2.05 bits per heavy atom. The summed E-state index contributed by atoms with van der Waals surface area (Å²) in [7, 11) is 0. The molecule has 0 saturated carbocycles. The van der Waals surface area contributed by atoms with Gasteiger partial charge in [0.05, 0.1) is 12.3 Å². The van der Waals surface area contributed by atoms with Gasteiger partial charge in [-0.3, -0.25) is 14.6 Å². The molecule has 5 heteroatoms. The highest BCUT2D eigenvalue weighted by Gasteiger charge is 2.25. The Morgan fingerprint density at radius 1 is 1.35 bits per heavy atom. The van der Waals surface area contributed by atoms with Crippen molar-refractivity contribution in [1.29, 1.82) is 0 Å². The molecule has 0 fully saturated rings. The largest absolute Gasteiger partial charge is 0.465 e. The van der Waals surface area contributed by atoms with Crippen molar-refractivity contribution in [2.24, 2.45) is 10.9 Å². The van der Waals surface area contributed by atoms with Gasteiger partial charge in [0.2, 0.25) is 0 Å². The van der Waals surface area contributed by atoms with E-state index < -0.39 is 17.7 Å². The Bertz CT molecular complexity index is 482. The van der Waals surface area contributed by atoms with Crippen LogP contribution in [0.25, 0.3) is 0 Å². The van der Waals surface area contributed by atoms with Gasteiger partial charge in [0.1, 0.15) is 5.82 Å². The van der Waals surface area contributed by atoms with Crippen LogP contribution < -0.4 is 0 Å². The van der Waals surface area contributed by atoms with Gasteiger partial charge in [-0.05, 0) is 25.5 Å². The summed E-state index contributed by atoms with van der Waals surface area (Å²) < 4.78 is 18.3. The predicted molar refractivity (Wildman–Crippen MR) is 74.6 cm³/mol. The van der Waals surface area contributed by atoms with Crippen LogP contribution in [-0.4, -0.2) is 24.6 Å². The van der Waals surface area contributed by atoms with E-state index in [2.05, 4.69) is 4.99 Å². The van der Waals surface area contributed by atoms with Gasteiger partial charge < -0.3 is 4.74 Å². The maximum atomic E-state index is 13.4. The molecule has 0 aromatic heterocycles. The smallest absolute Gasteiger partial charge is 0.321 e. The number of para-hydroxylation sites is 1. The van der Waals surface area contributed by atoms with E-state index in [1.165, 1.54) is 12.1 Å². The van der Waals surface area contributed by atoms with Gasteiger partial charge in [0, 0.05) is 12.6 Å². The molecule has 0 aliphatic carbocycles. The van der Waals surface area contributed by atoms with Crippen molar-refractivity contribution < 1.29 is 18.7 Å². The van der Waals surface area contributed by atoms with Crippen molar-refractivity contribution in [1.82, 2.24) is 0 Å². The Labute approximate surface area is 117 Å². The highest BCUT2D eigenvalue weighted by atomic mass is 19.1. The average molecular weight is 279 g/mol. The number of ketones is 1. The Morgan fingerprint density at radius 3 is 2.65 bits per heavy atom. The number of halogens is 1. The van der Waals surface area contributed by atoms with Gasteiger partial charge in [0.15, 0.2) is 11.7 Å². The number of ether oxygens (including phenoxy) is 1. The van der Waals surface area contributed by atoms with Crippen molar-refractivity contribution in [2.45, 2.75) is 26.7 Å². The highest BCUT2D eigenvalue weighted by Crippen LogP contribution is 2.17. The first-order chi connectivity index (χ1) is 9.60. The summed E-state index contributed by atoms with van der Waals surface area (Å²) in [6.45, 7) is 3.68. The van der Waals surface area contributed by atoms with E-state index in [1.807, 2.05) is 6.92 Å². The van der Waals surface area contributed by atoms with Gasteiger partial charge >= 0.3 is 5.97 Å². The highest BCUT2D eigenvalue weighted by molar-refractivity contribution is 6.12. The Hall–Kier alpha value is -2.04. The number of aliphatic imine (C=N–C) groups is 1. The van der Waals surface area contributed by atoms with Crippen molar-refractivity contribution in [3.63, 3.8) is 0 Å². The van der Waals surface area contributed by atoms with Crippen LogP contribution in [0.5, 0.6) is 0 Å². The van der Waals surface area contributed by atoms with Crippen molar-refractivity contribution in [3.05, 3.63) is 30.1 Å². The summed E-state index contributed by atoms with van der Waals surface area (Å²) in [5.41, 5.74) is 0.0890. The first kappa shape index (κ1) is 16.0. The van der Waals surface area contributed by atoms with E-state index in [1.54, 1.807) is 19.1 Å². The summed E-state index contributed by atoms with van der Waals surface area (Å²) in [6.07, 6.45) is 2.05. The summed E-state index contributed by atoms with van der Waals surface area (Å²) in [6, 6.07) is 5.90. The zero-order valence-electron chi connectivity index (χ0n) is 11.6. The minimum atomic E-state index is -1.07. The molecule has 4 nitrogen and oxygen atoms in total. The van der Waals surface area contributed by atoms with Gasteiger partial charge in [-0.1, -0.05) is 19.1 Å². The Balaban J connectivity index is 2.91. The summed E-state index contributed by atoms with van der Waals surface area (Å²) in [5, 5.41) is 0. The third-order valence-corrected chi connectivity index (χ3v) is 2.60. The van der Waals surface area contributed by atoms with Gasteiger partial charge in [-0.2, -0.15) is 0 Å². The lowest BCUT2D eigenvalue weighted by Gasteiger charge is -2.09. The maximum Gasteiger partial charge on any atom is 0.321 e. The van der Waals surface area contributed by atoms with E-state index >= 15 is 0 Å². The molecule has 0 spiro atoms. The molecular weight excluding hydrogens is 261 g/mol. The van der Waals surface area contributed by atoms with E-state index in [0.29, 0.717) is 6.42 Å². The number of benzene rings is 1. The molecule has 1 rings (SSSR count). The van der Waals surface area contributed by atoms with Crippen molar-refractivity contribution in [3.8, 4) is 0 Å². The number of hydrogen-bond donors (Lipinski definition) is 0. The molecule has 1 unspecified atom stereocenters. The summed E-state index contributed by atoms with van der Waals surface area (Å²) in [5.74, 6) is -2.50. The van der Waals surface area contributed by atoms with Crippen LogP contribution in [0.4, 0.5) is 10.1 Å². The van der Waals surface area contributed by atoms with E-state index in [0.717, 1.165) is 6.21 Å². The minimum Gasteiger partial charge on any atom is -0.465 e. The quantitative estimate of drug-likeness (QED) is 0.438. The van der Waals surface area contributed by atoms with Crippen molar-refractivity contribution in [2.75, 3.05) is 6.61 Å². The van der Waals surface area contributed by atoms with Gasteiger partial charge in [-0.25, -0.2) is 4.39 Å². The fraction of sp³-hybridized carbons (Fsp3) is 0.400. The molecule has 108 valence electrons. The molecule has 1 aromatic rings. The van der Waals surface area contributed by atoms with Crippen LogP contribution >= 0.6 is 0 Å². The maximum absolute atomic E-state index is 13.4. The topological polar surface area (TPSA) is 55.7 Å². The molecule has 0 amide bonds. The van der Waals surface area contributed by atoms with E-state index in [9.17, 15) is 14.0 Å². The third kappa shape index (κ3) is 4.57. The molecule has 20 heavy (non-hydrogen) atoms. The summed E-state index contributed by atoms with van der Waals surface area (Å²) in [4.78, 5) is 27.5. The standard InChI is InChI=1S/C15H18FNO3/c1-3-7-14(18)11(15(19)20-4-2)10-17-13-9-6-5-8-12(13)16/h5-6,8-11H,3-4,7H2,1-2H3. The van der Waals surface area contributed by atoms with Crippen LogP contribution in [-0.2, 0) is 14.3 Å². The molecular formula is C15H18FNO3. The zero-order valence-corrected chi connectivity index (χ0v) is 11.6. The molecule has 0 heterocycles. The van der Waals surface area contributed by atoms with Crippen LogP contribution in [0.1, 0.15) is 26.7 Å². The second-order valence-electron chi connectivity index (χ2n) is 4.18. The second kappa shape index (κ2) is 8.19. The zero-order chi connectivity index (χ0) is 15.0. The lowest BCUT2D eigenvalue weighted by Crippen LogP contribution is -2.27. The molecule has 0 saturated heterocycles. The number of rotatable bonds is 7. The monoisotopic (exact) mass is 279 g/mol. The van der Waals surface area contributed by atoms with Crippen LogP contribution in [0, 0.1) is 11.7 Å². The number of esters is 1. The van der Waals surface area contributed by atoms with Gasteiger partial charge in [0.25, 0.3) is 0 Å².